The molecule has 0 aliphatic heterocycles. The third-order valence-corrected chi connectivity index (χ3v) is 1.25. The lowest BCUT2D eigenvalue weighted by Crippen LogP contribution is -1.71. The van der Waals surface area contributed by atoms with E-state index in [2.05, 4.69) is 26.5 Å². The van der Waals surface area contributed by atoms with Crippen molar-refractivity contribution in [3.05, 3.63) is 24.3 Å². The van der Waals surface area contributed by atoms with E-state index in [4.69, 9.17) is 0 Å². The third-order valence-electron chi connectivity index (χ3n) is 1.25. The van der Waals surface area contributed by atoms with E-state index in [-0.39, 0.29) is 0 Å². The molecule has 0 saturated heterocycles. The standard InChI is InChI=1S/C9H16/c1-4-6-8-9(3)7-5-2/h5,8H,2,4,6-7H2,1,3H3. The summed E-state index contributed by atoms with van der Waals surface area (Å²) in [5.41, 5.74) is 1.44. The highest BCUT2D eigenvalue weighted by Gasteiger charge is 1.81. The van der Waals surface area contributed by atoms with Gasteiger partial charge in [-0.3, -0.25) is 0 Å². The molecule has 0 atom stereocenters. The lowest BCUT2D eigenvalue weighted by molar-refractivity contribution is 0.942. The highest BCUT2D eigenvalue weighted by atomic mass is 13.9. The van der Waals surface area contributed by atoms with Gasteiger partial charge in [-0.15, -0.1) is 6.58 Å². The minimum absolute atomic E-state index is 1.04. The van der Waals surface area contributed by atoms with Crippen LogP contribution >= 0.6 is 0 Å². The number of unbranched alkanes of at least 4 members (excludes halogenated alkanes) is 1. The van der Waals surface area contributed by atoms with Gasteiger partial charge in [0.2, 0.25) is 0 Å². The van der Waals surface area contributed by atoms with Gasteiger partial charge in [0, 0.05) is 0 Å². The van der Waals surface area contributed by atoms with Crippen LogP contribution in [0.1, 0.15) is 33.1 Å². The van der Waals surface area contributed by atoms with Crippen molar-refractivity contribution >= 4 is 0 Å². The Morgan fingerprint density at radius 2 is 2.22 bits per heavy atom. The summed E-state index contributed by atoms with van der Waals surface area (Å²) in [4.78, 5) is 0. The molecule has 0 spiro atoms. The minimum atomic E-state index is 1.04. The Hall–Kier alpha value is -0.520. The Kier molecular flexibility index (Phi) is 5.29. The lowest BCUT2D eigenvalue weighted by Gasteiger charge is -1.92. The molecule has 0 rings (SSSR count). The molecule has 0 unspecified atom stereocenters. The first kappa shape index (κ1) is 8.48. The van der Waals surface area contributed by atoms with Crippen molar-refractivity contribution < 1.29 is 0 Å². The zero-order valence-electron chi connectivity index (χ0n) is 6.48. The lowest BCUT2D eigenvalue weighted by atomic mass is 10.1. The SMILES string of the molecule is C=CCC(C)=CCCC. The minimum Gasteiger partial charge on any atom is -0.103 e. The van der Waals surface area contributed by atoms with Crippen LogP contribution in [0.2, 0.25) is 0 Å². The van der Waals surface area contributed by atoms with Crippen LogP contribution in [0.25, 0.3) is 0 Å². The normalized spacial score (nSPS) is 11.6. The molecular weight excluding hydrogens is 108 g/mol. The monoisotopic (exact) mass is 124 g/mol. The number of hydrogen-bond donors (Lipinski definition) is 0. The second-order valence-electron chi connectivity index (χ2n) is 2.33. The average Bonchev–Trinajstić information content (AvgIpc) is 1.85. The Labute approximate surface area is 58.3 Å². The van der Waals surface area contributed by atoms with Crippen LogP contribution < -0.4 is 0 Å². The molecule has 0 aliphatic carbocycles. The van der Waals surface area contributed by atoms with E-state index < -0.39 is 0 Å². The fourth-order valence-electron chi connectivity index (χ4n) is 0.702. The molecule has 0 nitrogen and oxygen atoms in total. The summed E-state index contributed by atoms with van der Waals surface area (Å²) in [5.74, 6) is 0. The molecule has 0 heteroatoms. The first-order valence-corrected chi connectivity index (χ1v) is 3.57. The predicted octanol–water partition coefficient (Wildman–Crippen LogP) is 3.31. The van der Waals surface area contributed by atoms with E-state index in [0.717, 1.165) is 6.42 Å². The van der Waals surface area contributed by atoms with Gasteiger partial charge in [0.15, 0.2) is 0 Å². The van der Waals surface area contributed by atoms with E-state index in [1.54, 1.807) is 0 Å². The third kappa shape index (κ3) is 5.35. The molecule has 0 heterocycles. The number of rotatable bonds is 4. The van der Waals surface area contributed by atoms with Gasteiger partial charge in [-0.25, -0.2) is 0 Å². The van der Waals surface area contributed by atoms with Crippen molar-refractivity contribution in [3.8, 4) is 0 Å². The maximum atomic E-state index is 3.67. The van der Waals surface area contributed by atoms with E-state index >= 15 is 0 Å². The molecule has 0 N–H and O–H groups in total. The first-order chi connectivity index (χ1) is 4.31. The van der Waals surface area contributed by atoms with Crippen molar-refractivity contribution in [2.45, 2.75) is 33.1 Å². The Balaban J connectivity index is 3.42. The van der Waals surface area contributed by atoms with Gasteiger partial charge in [0.1, 0.15) is 0 Å². The zero-order valence-corrected chi connectivity index (χ0v) is 6.48. The molecule has 0 bridgehead atoms. The maximum absolute atomic E-state index is 3.67. The number of allylic oxidation sites excluding steroid dienone is 3. The van der Waals surface area contributed by atoms with Gasteiger partial charge in [0.05, 0.1) is 0 Å². The van der Waals surface area contributed by atoms with Crippen molar-refractivity contribution in [1.29, 1.82) is 0 Å². The molecule has 0 aromatic rings. The van der Waals surface area contributed by atoms with E-state index in [1.807, 2.05) is 6.08 Å². The molecule has 0 fully saturated rings. The summed E-state index contributed by atoms with van der Waals surface area (Å²) in [6.45, 7) is 8.01. The first-order valence-electron chi connectivity index (χ1n) is 3.57. The summed E-state index contributed by atoms with van der Waals surface area (Å²) in [7, 11) is 0. The summed E-state index contributed by atoms with van der Waals surface area (Å²) < 4.78 is 0. The second-order valence-corrected chi connectivity index (χ2v) is 2.33. The topological polar surface area (TPSA) is 0 Å². The zero-order chi connectivity index (χ0) is 7.11. The van der Waals surface area contributed by atoms with Gasteiger partial charge in [-0.1, -0.05) is 31.1 Å². The van der Waals surface area contributed by atoms with E-state index in [1.165, 1.54) is 18.4 Å². The van der Waals surface area contributed by atoms with Gasteiger partial charge < -0.3 is 0 Å². The van der Waals surface area contributed by atoms with Crippen molar-refractivity contribution in [2.75, 3.05) is 0 Å². The molecule has 52 valence electrons. The largest absolute Gasteiger partial charge is 0.103 e. The predicted molar refractivity (Wildman–Crippen MR) is 43.5 cm³/mol. The summed E-state index contributed by atoms with van der Waals surface area (Å²) in [5, 5.41) is 0. The van der Waals surface area contributed by atoms with Gasteiger partial charge in [-0.05, 0) is 19.8 Å². The van der Waals surface area contributed by atoms with E-state index in [0.29, 0.717) is 0 Å². The maximum Gasteiger partial charge on any atom is -0.0144 e. The molecule has 0 aromatic heterocycles. The molecule has 0 saturated carbocycles. The highest BCUT2D eigenvalue weighted by molar-refractivity contribution is 5.02. The molecular formula is C9H16. The number of hydrogen-bond acceptors (Lipinski definition) is 0. The molecule has 0 aliphatic rings. The van der Waals surface area contributed by atoms with Gasteiger partial charge >= 0.3 is 0 Å². The smallest absolute Gasteiger partial charge is 0.0144 e. The Morgan fingerprint density at radius 3 is 2.67 bits per heavy atom. The summed E-state index contributed by atoms with van der Waals surface area (Å²) in [6, 6.07) is 0. The van der Waals surface area contributed by atoms with Crippen LogP contribution in [0.3, 0.4) is 0 Å². The van der Waals surface area contributed by atoms with Crippen LogP contribution in [0.4, 0.5) is 0 Å². The second kappa shape index (κ2) is 5.61. The average molecular weight is 124 g/mol. The van der Waals surface area contributed by atoms with Gasteiger partial charge in [0.25, 0.3) is 0 Å². The van der Waals surface area contributed by atoms with E-state index in [9.17, 15) is 0 Å². The highest BCUT2D eigenvalue weighted by Crippen LogP contribution is 2.02. The van der Waals surface area contributed by atoms with Crippen molar-refractivity contribution in [3.63, 3.8) is 0 Å². The molecule has 0 radical (unpaired) electrons. The van der Waals surface area contributed by atoms with Crippen LogP contribution in [-0.2, 0) is 0 Å². The fraction of sp³-hybridized carbons (Fsp3) is 0.556. The fourth-order valence-corrected chi connectivity index (χ4v) is 0.702. The quantitative estimate of drug-likeness (QED) is 0.504. The van der Waals surface area contributed by atoms with Crippen molar-refractivity contribution in [2.24, 2.45) is 0 Å². The molecule has 0 aromatic carbocycles. The Morgan fingerprint density at radius 1 is 1.56 bits per heavy atom. The Bertz CT molecular complexity index is 98.6. The van der Waals surface area contributed by atoms with Gasteiger partial charge in [-0.2, -0.15) is 0 Å². The summed E-state index contributed by atoms with van der Waals surface area (Å²) >= 11 is 0. The van der Waals surface area contributed by atoms with Crippen molar-refractivity contribution in [1.82, 2.24) is 0 Å². The van der Waals surface area contributed by atoms with Crippen LogP contribution in [0.5, 0.6) is 0 Å². The molecule has 9 heavy (non-hydrogen) atoms. The summed E-state index contributed by atoms with van der Waals surface area (Å²) in [6.07, 6.45) is 7.72. The molecule has 0 amide bonds. The van der Waals surface area contributed by atoms with Crippen LogP contribution in [0.15, 0.2) is 24.3 Å². The van der Waals surface area contributed by atoms with Crippen LogP contribution in [-0.4, -0.2) is 0 Å². The van der Waals surface area contributed by atoms with Crippen LogP contribution in [0, 0.1) is 0 Å².